The number of aromatic carboxylic acids is 1. The molecule has 5 aromatic rings. The zero-order valence-corrected chi connectivity index (χ0v) is 26.1. The molecule has 0 amide bonds. The number of rotatable bonds is 7. The maximum atomic E-state index is 15.6. The molecule has 0 fully saturated rings. The van der Waals surface area contributed by atoms with Crippen molar-refractivity contribution < 1.29 is 27.8 Å². The summed E-state index contributed by atoms with van der Waals surface area (Å²) >= 11 is 6.89. The van der Waals surface area contributed by atoms with Gasteiger partial charge in [-0.25, -0.2) is 18.0 Å². The van der Waals surface area contributed by atoms with Crippen LogP contribution in [0.2, 0.25) is 5.02 Å². The molecule has 0 bridgehead atoms. The summed E-state index contributed by atoms with van der Waals surface area (Å²) in [4.78, 5) is 14.7. The van der Waals surface area contributed by atoms with E-state index in [0.29, 0.717) is 63.3 Å². The summed E-state index contributed by atoms with van der Waals surface area (Å²) in [6.07, 6.45) is 0.844. The quantitative estimate of drug-likeness (QED) is 0.185. The number of fused-ring (bicyclic) bond motifs is 3. The highest BCUT2D eigenvalue weighted by Gasteiger charge is 2.36. The fourth-order valence-electron chi connectivity index (χ4n) is 6.59. The minimum atomic E-state index is -3.18. The van der Waals surface area contributed by atoms with Crippen molar-refractivity contribution in [2.45, 2.75) is 51.6 Å². The predicted octanol–water partition coefficient (Wildman–Crippen LogP) is 7.73. The fourth-order valence-corrected chi connectivity index (χ4v) is 6.84. The van der Waals surface area contributed by atoms with Gasteiger partial charge < -0.3 is 19.3 Å². The number of carboxylic acids is 1. The molecule has 0 aliphatic carbocycles. The van der Waals surface area contributed by atoms with Gasteiger partial charge in [0.05, 0.1) is 29.4 Å². The van der Waals surface area contributed by atoms with Gasteiger partial charge in [-0.2, -0.15) is 5.10 Å². The van der Waals surface area contributed by atoms with E-state index in [2.05, 4.69) is 0 Å². The first-order chi connectivity index (χ1) is 21.5. The number of aryl methyl sites for hydroxylation is 2. The van der Waals surface area contributed by atoms with Crippen molar-refractivity contribution in [2.75, 3.05) is 20.2 Å². The van der Waals surface area contributed by atoms with Crippen molar-refractivity contribution in [3.63, 3.8) is 0 Å². The summed E-state index contributed by atoms with van der Waals surface area (Å²) in [6.45, 7) is 1.87. The molecule has 0 saturated carbocycles. The van der Waals surface area contributed by atoms with E-state index in [4.69, 9.17) is 21.4 Å². The van der Waals surface area contributed by atoms with Gasteiger partial charge in [0.1, 0.15) is 17.3 Å². The summed E-state index contributed by atoms with van der Waals surface area (Å²) in [6, 6.07) is 13.3. The zero-order valence-electron chi connectivity index (χ0n) is 25.3. The number of nitrogens with zero attached hydrogens (tertiary/aromatic N) is 4. The van der Waals surface area contributed by atoms with Gasteiger partial charge in [0.2, 0.25) is 0 Å². The van der Waals surface area contributed by atoms with E-state index in [1.165, 1.54) is 16.7 Å². The van der Waals surface area contributed by atoms with Gasteiger partial charge in [0.25, 0.3) is 5.92 Å². The minimum Gasteiger partial charge on any atom is -0.493 e. The van der Waals surface area contributed by atoms with Crippen molar-refractivity contribution in [3.8, 4) is 16.9 Å². The number of halogens is 4. The molecule has 11 heteroatoms. The molecule has 6 rings (SSSR count). The Labute approximate surface area is 263 Å². The van der Waals surface area contributed by atoms with Crippen LogP contribution in [0.5, 0.6) is 5.75 Å². The summed E-state index contributed by atoms with van der Waals surface area (Å²) in [5.74, 6) is -4.23. The second-order valence-corrected chi connectivity index (χ2v) is 12.1. The van der Waals surface area contributed by atoms with Crippen LogP contribution in [-0.4, -0.2) is 56.4 Å². The molecule has 236 valence electrons. The third kappa shape index (κ3) is 5.77. The number of hydrogen-bond acceptors (Lipinski definition) is 4. The first-order valence-corrected chi connectivity index (χ1v) is 15.4. The predicted molar refractivity (Wildman–Crippen MR) is 169 cm³/mol. The van der Waals surface area contributed by atoms with Crippen molar-refractivity contribution in [3.05, 3.63) is 82.0 Å². The van der Waals surface area contributed by atoms with Crippen LogP contribution < -0.4 is 4.74 Å². The van der Waals surface area contributed by atoms with Crippen molar-refractivity contribution in [1.82, 2.24) is 19.2 Å². The third-order valence-corrected chi connectivity index (χ3v) is 8.92. The van der Waals surface area contributed by atoms with Gasteiger partial charge in [-0.1, -0.05) is 36.7 Å². The molecule has 45 heavy (non-hydrogen) atoms. The van der Waals surface area contributed by atoms with Gasteiger partial charge >= 0.3 is 5.97 Å². The highest BCUT2D eigenvalue weighted by atomic mass is 35.5. The first-order valence-electron chi connectivity index (χ1n) is 15.0. The SMILES string of the molecule is CCc1c2c(nn1C)CN(C)CCC(F)(F)Cn1c(C(=O)O)c(CCCOc3cccc4cc(F)ccc34)c3ccc(Cl)c-2c31. The first kappa shape index (κ1) is 31.0. The van der Waals surface area contributed by atoms with Crippen LogP contribution in [-0.2, 0) is 33.0 Å². The van der Waals surface area contributed by atoms with Crippen LogP contribution >= 0.6 is 11.6 Å². The fraction of sp³-hybridized carbons (Fsp3) is 0.353. The lowest BCUT2D eigenvalue weighted by Gasteiger charge is -2.22. The van der Waals surface area contributed by atoms with E-state index in [1.54, 1.807) is 48.1 Å². The molecule has 3 heterocycles. The number of benzene rings is 3. The largest absolute Gasteiger partial charge is 0.493 e. The second-order valence-electron chi connectivity index (χ2n) is 11.7. The Morgan fingerprint density at radius 2 is 1.89 bits per heavy atom. The average Bonchev–Trinajstić information content (AvgIpc) is 3.45. The van der Waals surface area contributed by atoms with Crippen LogP contribution in [0, 0.1) is 5.82 Å². The van der Waals surface area contributed by atoms with E-state index in [-0.39, 0.29) is 31.1 Å². The van der Waals surface area contributed by atoms with E-state index < -0.39 is 24.9 Å². The second kappa shape index (κ2) is 12.1. The average molecular weight is 639 g/mol. The van der Waals surface area contributed by atoms with E-state index in [1.807, 2.05) is 18.9 Å². The van der Waals surface area contributed by atoms with E-state index in [0.717, 1.165) is 16.6 Å². The minimum absolute atomic E-state index is 0.104. The maximum Gasteiger partial charge on any atom is 0.352 e. The number of alkyl halides is 2. The molecule has 1 aliphatic heterocycles. The van der Waals surface area contributed by atoms with Crippen LogP contribution in [0.4, 0.5) is 13.2 Å². The molecular weight excluding hydrogens is 605 g/mol. The molecule has 0 saturated heterocycles. The van der Waals surface area contributed by atoms with Gasteiger partial charge in [-0.15, -0.1) is 0 Å². The number of carboxylic acid groups (broad SMARTS) is 1. The van der Waals surface area contributed by atoms with Gasteiger partial charge in [-0.05, 0) is 67.6 Å². The van der Waals surface area contributed by atoms with Gasteiger partial charge in [0, 0.05) is 54.2 Å². The summed E-state index contributed by atoms with van der Waals surface area (Å²) in [5.41, 5.74) is 3.51. The molecule has 0 atom stereocenters. The number of aromatic nitrogens is 3. The van der Waals surface area contributed by atoms with Crippen LogP contribution in [0.15, 0.2) is 48.5 Å². The van der Waals surface area contributed by atoms with Crippen LogP contribution in [0.25, 0.3) is 32.8 Å². The van der Waals surface area contributed by atoms with Crippen LogP contribution in [0.1, 0.15) is 47.2 Å². The Hall–Kier alpha value is -4.02. The molecule has 0 radical (unpaired) electrons. The van der Waals surface area contributed by atoms with Crippen molar-refractivity contribution in [2.24, 2.45) is 7.05 Å². The van der Waals surface area contributed by atoms with Gasteiger partial charge in [-0.3, -0.25) is 4.68 Å². The summed E-state index contributed by atoms with van der Waals surface area (Å²) in [7, 11) is 3.62. The molecular formula is C34H34ClF3N4O3. The van der Waals surface area contributed by atoms with Crippen molar-refractivity contribution in [1.29, 1.82) is 0 Å². The van der Waals surface area contributed by atoms with E-state index >= 15 is 8.78 Å². The highest BCUT2D eigenvalue weighted by molar-refractivity contribution is 6.35. The lowest BCUT2D eigenvalue weighted by molar-refractivity contribution is -0.0304. The number of carbonyl (C=O) groups is 1. The molecule has 0 spiro atoms. The van der Waals surface area contributed by atoms with E-state index in [9.17, 15) is 14.3 Å². The topological polar surface area (TPSA) is 72.5 Å². The molecule has 2 aromatic heterocycles. The standard InChI is InChI=1S/C34H34ClF3N4O3/c1-4-27-30-26(39-41(27)3)18-40(2)15-14-34(37,38)19-42-31-24(12-13-25(35)29(30)31)23(32(42)33(43)44)8-6-16-45-28-9-5-7-20-17-21(36)10-11-22(20)28/h5,7,9-13,17H,4,6,8,14-16,18-19H2,1-3H3,(H,43,44). The molecule has 3 aromatic carbocycles. The highest BCUT2D eigenvalue weighted by Crippen LogP contribution is 2.44. The lowest BCUT2D eigenvalue weighted by Crippen LogP contribution is -2.31. The van der Waals surface area contributed by atoms with Gasteiger partial charge in [0.15, 0.2) is 0 Å². The van der Waals surface area contributed by atoms with Crippen molar-refractivity contribution >= 4 is 39.2 Å². The maximum absolute atomic E-state index is 15.6. The smallest absolute Gasteiger partial charge is 0.352 e. The van der Waals surface area contributed by atoms with Crippen LogP contribution in [0.3, 0.4) is 0 Å². The molecule has 0 unspecified atom stereocenters. The Bertz CT molecular complexity index is 1930. The Morgan fingerprint density at radius 3 is 2.64 bits per heavy atom. The molecule has 1 N–H and O–H groups in total. The Kier molecular flexibility index (Phi) is 8.30. The normalized spacial score (nSPS) is 15.3. The summed E-state index contributed by atoms with van der Waals surface area (Å²) in [5, 5.41) is 17.6. The molecule has 7 nitrogen and oxygen atoms in total. The summed E-state index contributed by atoms with van der Waals surface area (Å²) < 4.78 is 54.1. The molecule has 1 aliphatic rings. The third-order valence-electron chi connectivity index (χ3n) is 8.60. The number of hydrogen-bond donors (Lipinski definition) is 1. The lowest BCUT2D eigenvalue weighted by atomic mass is 9.97. The monoisotopic (exact) mass is 638 g/mol. The Morgan fingerprint density at radius 1 is 1.11 bits per heavy atom. The Balaban J connectivity index is 1.47. The number of ether oxygens (including phenoxy) is 1. The zero-order chi connectivity index (χ0) is 32.0.